The summed E-state index contributed by atoms with van der Waals surface area (Å²) in [6, 6.07) is 13.9. The highest BCUT2D eigenvalue weighted by Crippen LogP contribution is 2.34. The average Bonchev–Trinajstić information content (AvgIpc) is 3.22. The summed E-state index contributed by atoms with van der Waals surface area (Å²) < 4.78 is 14.1. The first-order valence-corrected chi connectivity index (χ1v) is 12.5. The van der Waals surface area contributed by atoms with Gasteiger partial charge in [-0.25, -0.2) is 4.68 Å². The number of aromatic nitrogens is 4. The third-order valence-electron chi connectivity index (χ3n) is 7.05. The predicted octanol–water partition coefficient (Wildman–Crippen LogP) is 3.64. The van der Waals surface area contributed by atoms with Crippen LogP contribution in [0.5, 0.6) is 11.5 Å². The second-order valence-corrected chi connectivity index (χ2v) is 9.66. The van der Waals surface area contributed by atoms with Crippen molar-refractivity contribution in [2.45, 2.75) is 33.4 Å². The number of carbonyl (C=O) groups is 1. The summed E-state index contributed by atoms with van der Waals surface area (Å²) in [6.45, 7) is 5.47. The molecule has 1 aliphatic rings. The van der Waals surface area contributed by atoms with Crippen LogP contribution in [0.15, 0.2) is 48.8 Å². The van der Waals surface area contributed by atoms with Crippen molar-refractivity contribution in [3.05, 3.63) is 88.1 Å². The minimum absolute atomic E-state index is 0.0175. The number of aryl methyl sites for hydroxylation is 3. The van der Waals surface area contributed by atoms with Gasteiger partial charge in [0, 0.05) is 48.7 Å². The highest BCUT2D eigenvalue weighted by atomic mass is 16.5. The molecule has 0 saturated heterocycles. The van der Waals surface area contributed by atoms with E-state index < -0.39 is 0 Å². The Kier molecular flexibility index (Phi) is 6.75. The Morgan fingerprint density at radius 3 is 2.24 bits per heavy atom. The highest BCUT2D eigenvalue weighted by Gasteiger charge is 2.28. The van der Waals surface area contributed by atoms with E-state index in [9.17, 15) is 4.79 Å². The standard InChI is InChI=1S/C29H32N6O3/c1-18-6-7-24(19(2)32-18)26-12-21(16-35-17-31-33(3)29(35)30)13-27-25(26)8-9-34(28(27)36)15-20-10-22(37-4)14-23(11-20)38-5/h6-7,10-14,17,30H,8-9,15-16H2,1-5H3. The Balaban J connectivity index is 1.57. The Morgan fingerprint density at radius 1 is 0.921 bits per heavy atom. The summed E-state index contributed by atoms with van der Waals surface area (Å²) in [5.41, 5.74) is 7.82. The van der Waals surface area contributed by atoms with Gasteiger partial charge in [-0.2, -0.15) is 5.10 Å². The largest absolute Gasteiger partial charge is 0.497 e. The van der Waals surface area contributed by atoms with E-state index in [0.717, 1.165) is 45.6 Å². The van der Waals surface area contributed by atoms with Crippen molar-refractivity contribution >= 4 is 5.91 Å². The zero-order valence-electron chi connectivity index (χ0n) is 22.4. The maximum atomic E-state index is 13.9. The number of carbonyl (C=O) groups excluding carboxylic acids is 1. The summed E-state index contributed by atoms with van der Waals surface area (Å²) >= 11 is 0. The summed E-state index contributed by atoms with van der Waals surface area (Å²) in [7, 11) is 4.98. The third-order valence-corrected chi connectivity index (χ3v) is 7.05. The van der Waals surface area contributed by atoms with Crippen molar-refractivity contribution in [3.63, 3.8) is 0 Å². The maximum absolute atomic E-state index is 13.9. The SMILES string of the molecule is COc1cc(CN2CCc3c(cc(Cn4cnn(C)c4=N)cc3-c3ccc(C)nc3C)C2=O)cc(OC)c1. The Bertz CT molecular complexity index is 1560. The Morgan fingerprint density at radius 2 is 1.61 bits per heavy atom. The zero-order valence-corrected chi connectivity index (χ0v) is 22.4. The predicted molar refractivity (Wildman–Crippen MR) is 143 cm³/mol. The van der Waals surface area contributed by atoms with Gasteiger partial charge in [0.1, 0.15) is 17.8 Å². The first-order chi connectivity index (χ1) is 18.3. The number of pyridine rings is 1. The monoisotopic (exact) mass is 512 g/mol. The molecule has 3 heterocycles. The van der Waals surface area contributed by atoms with Crippen molar-refractivity contribution in [2.75, 3.05) is 20.8 Å². The first-order valence-electron chi connectivity index (χ1n) is 12.5. The van der Waals surface area contributed by atoms with Gasteiger partial charge in [-0.1, -0.05) is 6.07 Å². The van der Waals surface area contributed by atoms with E-state index in [0.29, 0.717) is 36.7 Å². The van der Waals surface area contributed by atoms with E-state index in [-0.39, 0.29) is 11.5 Å². The minimum atomic E-state index is -0.0175. The molecule has 38 heavy (non-hydrogen) atoms. The molecule has 1 amide bonds. The van der Waals surface area contributed by atoms with Crippen LogP contribution < -0.4 is 15.1 Å². The number of fused-ring (bicyclic) bond motifs is 1. The van der Waals surface area contributed by atoms with Crippen LogP contribution in [0.25, 0.3) is 11.1 Å². The molecule has 0 saturated carbocycles. The van der Waals surface area contributed by atoms with Crippen molar-refractivity contribution < 1.29 is 14.3 Å². The number of ether oxygens (including phenoxy) is 2. The van der Waals surface area contributed by atoms with Crippen LogP contribution in [0.2, 0.25) is 0 Å². The minimum Gasteiger partial charge on any atom is -0.497 e. The van der Waals surface area contributed by atoms with Gasteiger partial charge in [-0.05, 0) is 72.9 Å². The molecule has 4 aromatic rings. The molecular formula is C29H32N6O3. The molecule has 2 aromatic heterocycles. The highest BCUT2D eigenvalue weighted by molar-refractivity contribution is 5.99. The molecule has 0 fully saturated rings. The molecule has 0 unspecified atom stereocenters. The molecule has 0 aliphatic carbocycles. The van der Waals surface area contributed by atoms with Crippen LogP contribution >= 0.6 is 0 Å². The van der Waals surface area contributed by atoms with Gasteiger partial charge < -0.3 is 14.4 Å². The van der Waals surface area contributed by atoms with Crippen molar-refractivity contribution in [1.29, 1.82) is 5.41 Å². The van der Waals surface area contributed by atoms with Gasteiger partial charge in [0.05, 0.1) is 20.8 Å². The second-order valence-electron chi connectivity index (χ2n) is 9.66. The smallest absolute Gasteiger partial charge is 0.254 e. The van der Waals surface area contributed by atoms with Crippen molar-refractivity contribution in [2.24, 2.45) is 7.05 Å². The van der Waals surface area contributed by atoms with Gasteiger partial charge in [-0.15, -0.1) is 0 Å². The van der Waals surface area contributed by atoms with Gasteiger partial charge in [-0.3, -0.25) is 19.8 Å². The van der Waals surface area contributed by atoms with Crippen molar-refractivity contribution in [1.82, 2.24) is 24.2 Å². The number of nitrogens with one attached hydrogen (secondary N) is 1. The van der Waals surface area contributed by atoms with Gasteiger partial charge in [0.15, 0.2) is 0 Å². The molecule has 1 aliphatic heterocycles. The van der Waals surface area contributed by atoms with Crippen LogP contribution in [0, 0.1) is 19.3 Å². The molecule has 0 radical (unpaired) electrons. The van der Waals surface area contributed by atoms with Gasteiger partial charge in [0.25, 0.3) is 5.91 Å². The fraction of sp³-hybridized carbons (Fsp3) is 0.310. The lowest BCUT2D eigenvalue weighted by molar-refractivity contribution is 0.0726. The van der Waals surface area contributed by atoms with E-state index in [1.54, 1.807) is 32.2 Å². The normalized spacial score (nSPS) is 13.0. The maximum Gasteiger partial charge on any atom is 0.254 e. The number of benzene rings is 2. The molecule has 0 atom stereocenters. The Labute approximate surface area is 221 Å². The summed E-state index contributed by atoms with van der Waals surface area (Å²) in [6.07, 6.45) is 2.37. The molecule has 0 bridgehead atoms. The number of nitrogens with zero attached hydrogens (tertiary/aromatic N) is 5. The first kappa shape index (κ1) is 25.3. The molecule has 5 rings (SSSR count). The fourth-order valence-corrected chi connectivity index (χ4v) is 5.09. The summed E-state index contributed by atoms with van der Waals surface area (Å²) in [5.74, 6) is 1.36. The molecule has 1 N–H and O–H groups in total. The molecular weight excluding hydrogens is 480 g/mol. The number of rotatable bonds is 7. The lowest BCUT2D eigenvalue weighted by Crippen LogP contribution is -2.37. The van der Waals surface area contributed by atoms with Crippen LogP contribution in [0.4, 0.5) is 0 Å². The van der Waals surface area contributed by atoms with E-state index in [2.05, 4.69) is 22.2 Å². The molecule has 9 heteroatoms. The lowest BCUT2D eigenvalue weighted by Gasteiger charge is -2.31. The quantitative estimate of drug-likeness (QED) is 0.408. The van der Waals surface area contributed by atoms with Crippen molar-refractivity contribution in [3.8, 4) is 22.6 Å². The van der Waals surface area contributed by atoms with E-state index in [1.807, 2.05) is 49.1 Å². The third kappa shape index (κ3) is 4.79. The van der Waals surface area contributed by atoms with Crippen LogP contribution in [0.3, 0.4) is 0 Å². The lowest BCUT2D eigenvalue weighted by atomic mass is 9.87. The molecule has 9 nitrogen and oxygen atoms in total. The second kappa shape index (κ2) is 10.2. The number of amides is 1. The van der Waals surface area contributed by atoms with E-state index in [4.69, 9.17) is 14.9 Å². The number of hydrogen-bond acceptors (Lipinski definition) is 6. The Hall–Kier alpha value is -4.40. The molecule has 2 aromatic carbocycles. The zero-order chi connectivity index (χ0) is 27.0. The summed E-state index contributed by atoms with van der Waals surface area (Å²) in [5, 5.41) is 12.5. The van der Waals surface area contributed by atoms with Gasteiger partial charge in [0.2, 0.25) is 5.62 Å². The van der Waals surface area contributed by atoms with E-state index in [1.165, 1.54) is 4.68 Å². The molecule has 0 spiro atoms. The topological polar surface area (TPSA) is 98.3 Å². The van der Waals surface area contributed by atoms with Crippen LogP contribution in [0.1, 0.15) is 38.4 Å². The van der Waals surface area contributed by atoms with Crippen LogP contribution in [-0.2, 0) is 26.6 Å². The summed E-state index contributed by atoms with van der Waals surface area (Å²) in [4.78, 5) is 20.5. The van der Waals surface area contributed by atoms with Crippen LogP contribution in [-0.4, -0.2) is 50.9 Å². The molecule has 196 valence electrons. The fourth-order valence-electron chi connectivity index (χ4n) is 5.09. The number of hydrogen-bond donors (Lipinski definition) is 1. The van der Waals surface area contributed by atoms with E-state index >= 15 is 0 Å². The average molecular weight is 513 g/mol. The van der Waals surface area contributed by atoms with Gasteiger partial charge >= 0.3 is 0 Å². The number of methoxy groups -OCH3 is 2.